The van der Waals surface area contributed by atoms with Crippen molar-refractivity contribution >= 4 is 11.6 Å². The molecule has 1 saturated carbocycles. The van der Waals surface area contributed by atoms with Crippen LogP contribution in [-0.2, 0) is 10.3 Å². The number of carbonyl (C=O) groups excluding carboxylic acids is 1. The topological polar surface area (TPSA) is 85.2 Å². The first-order valence-corrected chi connectivity index (χ1v) is 8.49. The Labute approximate surface area is 141 Å². The van der Waals surface area contributed by atoms with Gasteiger partial charge in [-0.2, -0.15) is 4.98 Å². The van der Waals surface area contributed by atoms with E-state index in [1.54, 1.807) is 0 Å². The largest absolute Gasteiger partial charge is 0.338 e. The van der Waals surface area contributed by atoms with Crippen LogP contribution in [0.3, 0.4) is 0 Å². The molecule has 126 valence electrons. The summed E-state index contributed by atoms with van der Waals surface area (Å²) in [5.41, 5.74) is 9.02. The molecular formula is C18H22N4O2. The van der Waals surface area contributed by atoms with E-state index in [0.717, 1.165) is 36.1 Å². The molecule has 24 heavy (non-hydrogen) atoms. The Balaban J connectivity index is 1.57. The second-order valence-electron chi connectivity index (χ2n) is 7.14. The Morgan fingerprint density at radius 3 is 2.58 bits per heavy atom. The smallest absolute Gasteiger partial charge is 0.239 e. The van der Waals surface area contributed by atoms with Crippen molar-refractivity contribution in [2.24, 2.45) is 5.73 Å². The van der Waals surface area contributed by atoms with E-state index in [2.05, 4.69) is 16.2 Å². The summed E-state index contributed by atoms with van der Waals surface area (Å²) >= 11 is 0. The molecule has 2 aromatic rings. The zero-order valence-electron chi connectivity index (χ0n) is 14.1. The van der Waals surface area contributed by atoms with Crippen molar-refractivity contribution in [1.29, 1.82) is 0 Å². The molecule has 1 atom stereocenters. The van der Waals surface area contributed by atoms with Gasteiger partial charge in [0.05, 0.1) is 5.54 Å². The third kappa shape index (κ3) is 2.41. The van der Waals surface area contributed by atoms with Crippen molar-refractivity contribution < 1.29 is 9.32 Å². The van der Waals surface area contributed by atoms with Crippen LogP contribution in [0.25, 0.3) is 0 Å². The van der Waals surface area contributed by atoms with Crippen molar-refractivity contribution in [3.8, 4) is 0 Å². The van der Waals surface area contributed by atoms with Gasteiger partial charge >= 0.3 is 0 Å². The van der Waals surface area contributed by atoms with Gasteiger partial charge in [0, 0.05) is 12.2 Å². The number of benzene rings is 1. The number of aromatic nitrogens is 2. The third-order valence-corrected chi connectivity index (χ3v) is 5.15. The lowest BCUT2D eigenvalue weighted by atomic mass is 9.77. The standard InChI is InChI=1S/C18H22N4O2/c1-11-8-12(2)10-13(9-11)22-7-4-14(16(22)23)15-20-17(21-24-15)18(19)5-3-6-18/h8-10,14H,3-7,19H2,1-2H3. The van der Waals surface area contributed by atoms with Gasteiger partial charge in [0.25, 0.3) is 0 Å². The SMILES string of the molecule is Cc1cc(C)cc(N2CCC(c3nc(C4(N)CCC4)no3)C2=O)c1. The van der Waals surface area contributed by atoms with Crippen LogP contribution in [0, 0.1) is 13.8 Å². The minimum atomic E-state index is -0.462. The molecule has 1 aliphatic heterocycles. The van der Waals surface area contributed by atoms with Crippen LogP contribution in [0.1, 0.15) is 54.4 Å². The highest BCUT2D eigenvalue weighted by atomic mass is 16.5. The molecule has 2 heterocycles. The van der Waals surface area contributed by atoms with E-state index in [0.29, 0.717) is 24.7 Å². The van der Waals surface area contributed by atoms with Crippen molar-refractivity contribution in [2.75, 3.05) is 11.4 Å². The van der Waals surface area contributed by atoms with Gasteiger partial charge in [-0.05, 0) is 62.8 Å². The van der Waals surface area contributed by atoms with Gasteiger partial charge in [-0.15, -0.1) is 0 Å². The fourth-order valence-electron chi connectivity index (χ4n) is 3.63. The summed E-state index contributed by atoms with van der Waals surface area (Å²) in [5, 5.41) is 4.03. The van der Waals surface area contributed by atoms with E-state index in [1.165, 1.54) is 0 Å². The summed E-state index contributed by atoms with van der Waals surface area (Å²) in [5.74, 6) is 0.602. The number of nitrogens with zero attached hydrogens (tertiary/aromatic N) is 3. The molecule has 0 radical (unpaired) electrons. The Bertz CT molecular complexity index is 774. The van der Waals surface area contributed by atoms with Crippen LogP contribution in [0.5, 0.6) is 0 Å². The average Bonchev–Trinajstić information content (AvgIpc) is 3.10. The summed E-state index contributed by atoms with van der Waals surface area (Å²) in [6.45, 7) is 4.74. The highest BCUT2D eigenvalue weighted by molar-refractivity contribution is 5.99. The number of amides is 1. The molecule has 1 unspecified atom stereocenters. The average molecular weight is 326 g/mol. The monoisotopic (exact) mass is 326 g/mol. The molecule has 2 aliphatic rings. The minimum absolute atomic E-state index is 0.0230. The summed E-state index contributed by atoms with van der Waals surface area (Å²) in [6.07, 6.45) is 3.52. The van der Waals surface area contributed by atoms with Gasteiger partial charge in [-0.1, -0.05) is 11.2 Å². The molecule has 1 saturated heterocycles. The Morgan fingerprint density at radius 2 is 1.96 bits per heavy atom. The number of anilines is 1. The predicted molar refractivity (Wildman–Crippen MR) is 89.6 cm³/mol. The van der Waals surface area contributed by atoms with Crippen LogP contribution in [-0.4, -0.2) is 22.6 Å². The van der Waals surface area contributed by atoms with E-state index in [4.69, 9.17) is 10.3 Å². The van der Waals surface area contributed by atoms with E-state index in [1.807, 2.05) is 30.9 Å². The van der Waals surface area contributed by atoms with E-state index in [-0.39, 0.29) is 11.8 Å². The number of nitrogens with two attached hydrogens (primary N) is 1. The maximum absolute atomic E-state index is 12.8. The van der Waals surface area contributed by atoms with Crippen molar-refractivity contribution in [3.63, 3.8) is 0 Å². The molecule has 1 amide bonds. The first kappa shape index (κ1) is 15.3. The zero-order valence-corrected chi connectivity index (χ0v) is 14.1. The quantitative estimate of drug-likeness (QED) is 0.937. The third-order valence-electron chi connectivity index (χ3n) is 5.15. The molecule has 1 aromatic carbocycles. The Kier molecular flexibility index (Phi) is 3.46. The summed E-state index contributed by atoms with van der Waals surface area (Å²) in [7, 11) is 0. The number of rotatable bonds is 3. The van der Waals surface area contributed by atoms with E-state index >= 15 is 0 Å². The number of hydrogen-bond donors (Lipinski definition) is 1. The zero-order chi connectivity index (χ0) is 16.9. The molecule has 2 N–H and O–H groups in total. The minimum Gasteiger partial charge on any atom is -0.338 e. The van der Waals surface area contributed by atoms with Crippen molar-refractivity contribution in [1.82, 2.24) is 10.1 Å². The maximum Gasteiger partial charge on any atom is 0.239 e. The first-order valence-electron chi connectivity index (χ1n) is 8.49. The van der Waals surface area contributed by atoms with Crippen LogP contribution in [0.4, 0.5) is 5.69 Å². The van der Waals surface area contributed by atoms with Gasteiger partial charge in [-0.3, -0.25) is 4.79 Å². The Morgan fingerprint density at radius 1 is 1.25 bits per heavy atom. The summed E-state index contributed by atoms with van der Waals surface area (Å²) in [4.78, 5) is 19.1. The molecule has 1 aliphatic carbocycles. The van der Waals surface area contributed by atoms with Gasteiger partial charge in [0.2, 0.25) is 11.8 Å². The highest BCUT2D eigenvalue weighted by Crippen LogP contribution is 2.38. The lowest BCUT2D eigenvalue weighted by molar-refractivity contribution is -0.118. The second kappa shape index (κ2) is 5.41. The van der Waals surface area contributed by atoms with E-state index in [9.17, 15) is 4.79 Å². The van der Waals surface area contributed by atoms with Gasteiger partial charge in [0.15, 0.2) is 5.82 Å². The summed E-state index contributed by atoms with van der Waals surface area (Å²) < 4.78 is 5.38. The summed E-state index contributed by atoms with van der Waals surface area (Å²) in [6, 6.07) is 6.18. The van der Waals surface area contributed by atoms with Crippen molar-refractivity contribution in [3.05, 3.63) is 41.0 Å². The molecule has 0 bridgehead atoms. The molecule has 0 spiro atoms. The predicted octanol–water partition coefficient (Wildman–Crippen LogP) is 2.54. The number of aryl methyl sites for hydroxylation is 2. The molecule has 1 aromatic heterocycles. The van der Waals surface area contributed by atoms with Crippen molar-refractivity contribution in [2.45, 2.75) is 51.0 Å². The Hall–Kier alpha value is -2.21. The molecule has 6 heteroatoms. The van der Waals surface area contributed by atoms with Crippen LogP contribution >= 0.6 is 0 Å². The number of carbonyl (C=O) groups is 1. The fourth-order valence-corrected chi connectivity index (χ4v) is 3.63. The lowest BCUT2D eigenvalue weighted by Crippen LogP contribution is -2.44. The van der Waals surface area contributed by atoms with Crippen LogP contribution in [0.2, 0.25) is 0 Å². The maximum atomic E-state index is 12.8. The van der Waals surface area contributed by atoms with Gasteiger partial charge in [-0.25, -0.2) is 0 Å². The molecular weight excluding hydrogens is 304 g/mol. The normalized spacial score (nSPS) is 22.7. The highest BCUT2D eigenvalue weighted by Gasteiger charge is 2.42. The van der Waals surface area contributed by atoms with E-state index < -0.39 is 5.54 Å². The van der Waals surface area contributed by atoms with Crippen LogP contribution < -0.4 is 10.6 Å². The molecule has 4 rings (SSSR count). The molecule has 6 nitrogen and oxygen atoms in total. The number of hydrogen-bond acceptors (Lipinski definition) is 5. The second-order valence-corrected chi connectivity index (χ2v) is 7.14. The lowest BCUT2D eigenvalue weighted by Gasteiger charge is -2.34. The molecule has 2 fully saturated rings. The van der Waals surface area contributed by atoms with Crippen LogP contribution in [0.15, 0.2) is 22.7 Å². The van der Waals surface area contributed by atoms with Gasteiger partial charge < -0.3 is 15.2 Å². The van der Waals surface area contributed by atoms with Gasteiger partial charge in [0.1, 0.15) is 5.92 Å². The fraction of sp³-hybridized carbons (Fsp3) is 0.500. The first-order chi connectivity index (χ1) is 11.5.